The first-order valence-corrected chi connectivity index (χ1v) is 12.9. The molecule has 2 heterocycles. The smallest absolute Gasteiger partial charge is 0.253 e. The Labute approximate surface area is 191 Å². The highest BCUT2D eigenvalue weighted by Crippen LogP contribution is 2.24. The molecule has 0 bridgehead atoms. The number of hydrogen-bond acceptors (Lipinski definition) is 4. The number of piperidine rings is 1. The normalized spacial score (nSPS) is 19.2. The van der Waals surface area contributed by atoms with Crippen molar-refractivity contribution < 1.29 is 13.2 Å². The van der Waals surface area contributed by atoms with Crippen LogP contribution < -0.4 is 0 Å². The number of benzene rings is 2. The molecular formula is C25H33N3O3S. The molecule has 0 aliphatic carbocycles. The first-order chi connectivity index (χ1) is 15.3. The lowest BCUT2D eigenvalue weighted by Gasteiger charge is -2.35. The van der Waals surface area contributed by atoms with E-state index in [9.17, 15) is 13.2 Å². The number of hydrogen-bond donors (Lipinski definition) is 0. The van der Waals surface area contributed by atoms with Gasteiger partial charge in [-0.05, 0) is 55.5 Å². The minimum absolute atomic E-state index is 0.0315. The molecule has 2 aromatic rings. The molecule has 172 valence electrons. The molecular weight excluding hydrogens is 422 g/mol. The fourth-order valence-electron chi connectivity index (χ4n) is 4.50. The minimum Gasteiger partial charge on any atom is -0.336 e. The van der Waals surface area contributed by atoms with E-state index < -0.39 is 10.0 Å². The van der Waals surface area contributed by atoms with Gasteiger partial charge in [0.1, 0.15) is 0 Å². The highest BCUT2D eigenvalue weighted by molar-refractivity contribution is 7.89. The Morgan fingerprint density at radius 2 is 1.59 bits per heavy atom. The van der Waals surface area contributed by atoms with Gasteiger partial charge in [0.2, 0.25) is 10.0 Å². The van der Waals surface area contributed by atoms with Gasteiger partial charge in [0.25, 0.3) is 5.91 Å². The molecule has 6 nitrogen and oxygen atoms in total. The van der Waals surface area contributed by atoms with E-state index in [-0.39, 0.29) is 10.8 Å². The van der Waals surface area contributed by atoms with Gasteiger partial charge in [-0.2, -0.15) is 4.31 Å². The monoisotopic (exact) mass is 455 g/mol. The fraction of sp³-hybridized carbons (Fsp3) is 0.480. The van der Waals surface area contributed by atoms with Gasteiger partial charge in [-0.15, -0.1) is 0 Å². The number of piperazine rings is 1. The molecule has 32 heavy (non-hydrogen) atoms. The Kier molecular flexibility index (Phi) is 6.98. The van der Waals surface area contributed by atoms with Crippen molar-refractivity contribution in [2.24, 2.45) is 5.92 Å². The van der Waals surface area contributed by atoms with Gasteiger partial charge in [0.15, 0.2) is 0 Å². The third kappa shape index (κ3) is 5.22. The second kappa shape index (κ2) is 9.73. The number of carbonyl (C=O) groups is 1. The van der Waals surface area contributed by atoms with Crippen molar-refractivity contribution in [3.05, 3.63) is 65.2 Å². The van der Waals surface area contributed by atoms with Crippen LogP contribution in [0.25, 0.3) is 0 Å². The Morgan fingerprint density at radius 1 is 0.938 bits per heavy atom. The van der Waals surface area contributed by atoms with Crippen LogP contribution in [0.3, 0.4) is 0 Å². The molecule has 7 heteroatoms. The third-order valence-corrected chi connectivity index (χ3v) is 8.54. The van der Waals surface area contributed by atoms with Crippen LogP contribution in [0.5, 0.6) is 0 Å². The lowest BCUT2D eigenvalue weighted by atomic mass is 10.0. The van der Waals surface area contributed by atoms with Crippen molar-refractivity contribution in [2.75, 3.05) is 39.3 Å². The average Bonchev–Trinajstić information content (AvgIpc) is 2.79. The number of aryl methyl sites for hydroxylation is 1. The number of rotatable bonds is 5. The highest BCUT2D eigenvalue weighted by atomic mass is 32.2. The lowest BCUT2D eigenvalue weighted by Crippen LogP contribution is -2.48. The van der Waals surface area contributed by atoms with E-state index in [1.54, 1.807) is 28.6 Å². The summed E-state index contributed by atoms with van der Waals surface area (Å²) in [6.07, 6.45) is 1.79. The van der Waals surface area contributed by atoms with Crippen molar-refractivity contribution in [2.45, 2.75) is 38.1 Å². The molecule has 2 fully saturated rings. The summed E-state index contributed by atoms with van der Waals surface area (Å²) in [5.41, 5.74) is 3.10. The third-order valence-electron chi connectivity index (χ3n) is 6.63. The van der Waals surface area contributed by atoms with E-state index in [2.05, 4.69) is 43.0 Å². The zero-order valence-electron chi connectivity index (χ0n) is 19.0. The second-order valence-corrected chi connectivity index (χ2v) is 11.1. The number of nitrogens with zero attached hydrogens (tertiary/aromatic N) is 3. The summed E-state index contributed by atoms with van der Waals surface area (Å²) < 4.78 is 27.4. The zero-order valence-corrected chi connectivity index (χ0v) is 19.9. The molecule has 0 spiro atoms. The molecule has 2 saturated heterocycles. The van der Waals surface area contributed by atoms with Crippen LogP contribution >= 0.6 is 0 Å². The average molecular weight is 456 g/mol. The van der Waals surface area contributed by atoms with Gasteiger partial charge in [-0.3, -0.25) is 9.69 Å². The summed E-state index contributed by atoms with van der Waals surface area (Å²) in [5.74, 6) is 0.537. The SMILES string of the molecule is Cc1cccc(CN2CCN(C(=O)c3ccc(S(=O)(=O)N4CCC(C)CC4)cc3)CC2)c1. The fourth-order valence-corrected chi connectivity index (χ4v) is 5.97. The zero-order chi connectivity index (χ0) is 22.7. The molecule has 2 aliphatic heterocycles. The molecule has 2 aliphatic rings. The largest absolute Gasteiger partial charge is 0.336 e. The van der Waals surface area contributed by atoms with Crippen LogP contribution in [0.15, 0.2) is 53.4 Å². The van der Waals surface area contributed by atoms with Gasteiger partial charge < -0.3 is 4.90 Å². The standard InChI is InChI=1S/C25H33N3O3S/c1-20-10-12-28(13-11-20)32(30,31)24-8-6-23(7-9-24)25(29)27-16-14-26(15-17-27)19-22-5-3-4-21(2)18-22/h3-9,18,20H,10-17,19H2,1-2H3. The van der Waals surface area contributed by atoms with Gasteiger partial charge in [0, 0.05) is 51.4 Å². The summed E-state index contributed by atoms with van der Waals surface area (Å²) in [6.45, 7) is 9.31. The summed E-state index contributed by atoms with van der Waals surface area (Å²) in [6, 6.07) is 15.0. The molecule has 0 aromatic heterocycles. The maximum absolute atomic E-state index is 13.0. The van der Waals surface area contributed by atoms with Crippen molar-refractivity contribution in [1.82, 2.24) is 14.1 Å². The van der Waals surface area contributed by atoms with E-state index >= 15 is 0 Å². The van der Waals surface area contributed by atoms with Crippen LogP contribution in [0.1, 0.15) is 41.3 Å². The molecule has 2 aromatic carbocycles. The summed E-state index contributed by atoms with van der Waals surface area (Å²) in [5, 5.41) is 0. The number of sulfonamides is 1. The first-order valence-electron chi connectivity index (χ1n) is 11.5. The minimum atomic E-state index is -3.49. The second-order valence-electron chi connectivity index (χ2n) is 9.17. The highest BCUT2D eigenvalue weighted by Gasteiger charge is 2.28. The molecule has 0 unspecified atom stereocenters. The van der Waals surface area contributed by atoms with Crippen LogP contribution in [0.2, 0.25) is 0 Å². The summed E-state index contributed by atoms with van der Waals surface area (Å²) >= 11 is 0. The van der Waals surface area contributed by atoms with E-state index in [1.807, 2.05) is 4.90 Å². The number of carbonyl (C=O) groups excluding carboxylic acids is 1. The molecule has 4 rings (SSSR count). The Morgan fingerprint density at radius 3 is 2.22 bits per heavy atom. The van der Waals surface area contributed by atoms with E-state index in [0.29, 0.717) is 37.7 Å². The van der Waals surface area contributed by atoms with Crippen molar-refractivity contribution in [3.8, 4) is 0 Å². The van der Waals surface area contributed by atoms with E-state index in [0.717, 1.165) is 32.5 Å². The predicted octanol–water partition coefficient (Wildman–Crippen LogP) is 3.37. The molecule has 0 radical (unpaired) electrons. The Hall–Kier alpha value is -2.22. The van der Waals surface area contributed by atoms with Gasteiger partial charge in [0.05, 0.1) is 4.90 Å². The quantitative estimate of drug-likeness (QED) is 0.694. The van der Waals surface area contributed by atoms with Crippen molar-refractivity contribution in [1.29, 1.82) is 0 Å². The molecule has 0 atom stereocenters. The maximum atomic E-state index is 13.0. The molecule has 1 amide bonds. The lowest BCUT2D eigenvalue weighted by molar-refractivity contribution is 0.0628. The van der Waals surface area contributed by atoms with E-state index in [4.69, 9.17) is 0 Å². The van der Waals surface area contributed by atoms with Crippen LogP contribution in [0.4, 0.5) is 0 Å². The molecule has 0 saturated carbocycles. The van der Waals surface area contributed by atoms with Crippen molar-refractivity contribution in [3.63, 3.8) is 0 Å². The van der Waals surface area contributed by atoms with Gasteiger partial charge >= 0.3 is 0 Å². The van der Waals surface area contributed by atoms with Crippen LogP contribution in [0, 0.1) is 12.8 Å². The Bertz CT molecular complexity index is 1040. The van der Waals surface area contributed by atoms with Crippen LogP contribution in [-0.4, -0.2) is 67.7 Å². The number of amides is 1. The first kappa shape index (κ1) is 23.0. The maximum Gasteiger partial charge on any atom is 0.253 e. The van der Waals surface area contributed by atoms with Gasteiger partial charge in [-0.25, -0.2) is 8.42 Å². The van der Waals surface area contributed by atoms with Crippen molar-refractivity contribution >= 4 is 15.9 Å². The van der Waals surface area contributed by atoms with Crippen LogP contribution in [-0.2, 0) is 16.6 Å². The molecule has 0 N–H and O–H groups in total. The Balaban J connectivity index is 1.34. The predicted molar refractivity (Wildman–Crippen MR) is 126 cm³/mol. The topological polar surface area (TPSA) is 60.9 Å². The summed E-state index contributed by atoms with van der Waals surface area (Å²) in [4.78, 5) is 17.5. The van der Waals surface area contributed by atoms with Gasteiger partial charge in [-0.1, -0.05) is 36.8 Å². The van der Waals surface area contributed by atoms with E-state index in [1.165, 1.54) is 11.1 Å². The summed E-state index contributed by atoms with van der Waals surface area (Å²) in [7, 11) is -3.49.